The van der Waals surface area contributed by atoms with Crippen LogP contribution in [0, 0.1) is 0 Å². The molecule has 0 spiro atoms. The Labute approximate surface area is 113 Å². The zero-order valence-electron chi connectivity index (χ0n) is 10.1. The van der Waals surface area contributed by atoms with Crippen LogP contribution in [0.5, 0.6) is 0 Å². The van der Waals surface area contributed by atoms with Gasteiger partial charge in [0.2, 0.25) is 6.39 Å². The van der Waals surface area contributed by atoms with Crippen molar-refractivity contribution in [1.29, 1.82) is 0 Å². The smallest absolute Gasteiger partial charge is 0.260 e. The van der Waals surface area contributed by atoms with E-state index in [0.717, 1.165) is 6.39 Å². The number of rotatable bonds is 4. The van der Waals surface area contributed by atoms with Gasteiger partial charge in [-0.3, -0.25) is 4.40 Å². The lowest BCUT2D eigenvalue weighted by Crippen LogP contribution is -2.25. The van der Waals surface area contributed by atoms with Crippen LogP contribution in [-0.4, -0.2) is 27.9 Å². The Morgan fingerprint density at radius 2 is 2.25 bits per heavy atom. The third kappa shape index (κ3) is 2.10. The number of hydrogen-bond donors (Lipinski definition) is 2. The fraction of sp³-hybridized carbons (Fsp3) is 0.100. The molecule has 0 amide bonds. The largest absolute Gasteiger partial charge is 0.381 e. The zero-order valence-corrected chi connectivity index (χ0v) is 10.9. The highest BCUT2D eigenvalue weighted by Crippen LogP contribution is 2.19. The topological polar surface area (TPSA) is 128 Å². The molecule has 3 aromatic rings. The van der Waals surface area contributed by atoms with Gasteiger partial charge in [-0.15, -0.1) is 0 Å². The van der Waals surface area contributed by atoms with Crippen LogP contribution in [0.4, 0.5) is 5.82 Å². The summed E-state index contributed by atoms with van der Waals surface area (Å²) in [5, 5.41) is 3.40. The molecule has 0 fully saturated rings. The van der Waals surface area contributed by atoms with Gasteiger partial charge < -0.3 is 10.3 Å². The van der Waals surface area contributed by atoms with Gasteiger partial charge in [0.05, 0.1) is 6.54 Å². The molecule has 0 aromatic carbocycles. The van der Waals surface area contributed by atoms with Crippen molar-refractivity contribution >= 4 is 21.5 Å². The first-order chi connectivity index (χ1) is 9.58. The molecule has 0 aliphatic rings. The van der Waals surface area contributed by atoms with Crippen LogP contribution in [-0.2, 0) is 16.6 Å². The van der Waals surface area contributed by atoms with Gasteiger partial charge in [0.25, 0.3) is 10.0 Å². The summed E-state index contributed by atoms with van der Waals surface area (Å²) < 4.78 is 32.8. The first-order valence-electron chi connectivity index (χ1n) is 5.55. The van der Waals surface area contributed by atoms with E-state index < -0.39 is 10.0 Å². The molecule has 0 aliphatic heterocycles. The Bertz CT molecular complexity index is 839. The summed E-state index contributed by atoms with van der Waals surface area (Å²) in [5.41, 5.74) is 6.14. The molecule has 3 N–H and O–H groups in total. The minimum atomic E-state index is -3.85. The molecular weight excluding hydrogens is 284 g/mol. The average molecular weight is 294 g/mol. The first kappa shape index (κ1) is 12.6. The second-order valence-corrected chi connectivity index (χ2v) is 5.59. The van der Waals surface area contributed by atoms with Gasteiger partial charge in [-0.2, -0.15) is 4.98 Å². The van der Waals surface area contributed by atoms with Crippen molar-refractivity contribution in [3.63, 3.8) is 0 Å². The summed E-state index contributed by atoms with van der Waals surface area (Å²) in [6, 6.07) is 5.09. The summed E-state index contributed by atoms with van der Waals surface area (Å²) >= 11 is 0. The highest BCUT2D eigenvalue weighted by Gasteiger charge is 2.23. The minimum absolute atomic E-state index is 0.0724. The quantitative estimate of drug-likeness (QED) is 0.680. The molecule has 0 radical (unpaired) electrons. The number of imidazole rings is 1. The number of hydrogen-bond acceptors (Lipinski definition) is 7. The van der Waals surface area contributed by atoms with Gasteiger partial charge in [-0.05, 0) is 12.1 Å². The van der Waals surface area contributed by atoms with Crippen molar-refractivity contribution in [2.75, 3.05) is 5.73 Å². The predicted octanol–water partition coefficient (Wildman–Crippen LogP) is -0.222. The van der Waals surface area contributed by atoms with E-state index in [-0.39, 0.29) is 23.2 Å². The molecule has 3 rings (SSSR count). The van der Waals surface area contributed by atoms with E-state index in [1.807, 2.05) is 0 Å². The van der Waals surface area contributed by atoms with Gasteiger partial charge >= 0.3 is 0 Å². The second-order valence-electron chi connectivity index (χ2n) is 3.90. The maximum Gasteiger partial charge on any atom is 0.260 e. The molecule has 104 valence electrons. The molecule has 0 unspecified atom stereocenters. The highest BCUT2D eigenvalue weighted by atomic mass is 32.2. The third-order valence-electron chi connectivity index (χ3n) is 2.59. The number of pyridine rings is 1. The Balaban J connectivity index is 1.98. The number of fused-ring (bicyclic) bond motifs is 1. The SMILES string of the molecule is Nc1nc2ccccn2c1S(=O)(=O)NCc1ncon1. The molecule has 10 heteroatoms. The van der Waals surface area contributed by atoms with Crippen LogP contribution >= 0.6 is 0 Å². The van der Waals surface area contributed by atoms with Gasteiger partial charge in [-0.25, -0.2) is 18.1 Å². The zero-order chi connectivity index (χ0) is 14.2. The molecule has 0 saturated carbocycles. The molecule has 0 saturated heterocycles. The molecule has 3 heterocycles. The Morgan fingerprint density at radius 1 is 1.40 bits per heavy atom. The fourth-order valence-corrected chi connectivity index (χ4v) is 2.95. The maximum absolute atomic E-state index is 12.3. The normalized spacial score (nSPS) is 12.0. The molecule has 9 nitrogen and oxygen atoms in total. The molecular formula is C10H10N6O3S. The number of nitrogens with zero attached hydrogens (tertiary/aromatic N) is 4. The van der Waals surface area contributed by atoms with Crippen LogP contribution in [0.3, 0.4) is 0 Å². The Kier molecular flexibility index (Phi) is 2.88. The van der Waals surface area contributed by atoms with Crippen molar-refractivity contribution in [3.8, 4) is 0 Å². The number of aromatic nitrogens is 4. The van der Waals surface area contributed by atoms with Crippen molar-refractivity contribution in [3.05, 3.63) is 36.6 Å². The van der Waals surface area contributed by atoms with E-state index in [1.54, 1.807) is 24.4 Å². The van der Waals surface area contributed by atoms with Gasteiger partial charge in [-0.1, -0.05) is 11.2 Å². The molecule has 0 aliphatic carbocycles. The van der Waals surface area contributed by atoms with Crippen molar-refractivity contribution < 1.29 is 12.9 Å². The number of nitrogens with one attached hydrogen (secondary N) is 1. The van der Waals surface area contributed by atoms with E-state index in [1.165, 1.54) is 4.40 Å². The lowest BCUT2D eigenvalue weighted by molar-refractivity contribution is 0.409. The molecule has 3 aromatic heterocycles. The Hall–Kier alpha value is -2.46. The van der Waals surface area contributed by atoms with Gasteiger partial charge in [0.1, 0.15) is 5.65 Å². The van der Waals surface area contributed by atoms with Crippen LogP contribution in [0.15, 0.2) is 40.3 Å². The van der Waals surface area contributed by atoms with E-state index in [0.29, 0.717) is 5.65 Å². The summed E-state index contributed by atoms with van der Waals surface area (Å²) in [5.74, 6) is 0.151. The molecule has 0 bridgehead atoms. The number of nitrogen functional groups attached to an aromatic ring is 1. The van der Waals surface area contributed by atoms with E-state index in [2.05, 4.69) is 24.4 Å². The van der Waals surface area contributed by atoms with Crippen molar-refractivity contribution in [2.45, 2.75) is 11.6 Å². The van der Waals surface area contributed by atoms with Gasteiger partial charge in [0, 0.05) is 6.20 Å². The van der Waals surface area contributed by atoms with E-state index in [9.17, 15) is 8.42 Å². The fourth-order valence-electron chi connectivity index (χ4n) is 1.76. The number of sulfonamides is 1. The second kappa shape index (κ2) is 4.58. The number of nitrogens with two attached hydrogens (primary N) is 1. The van der Waals surface area contributed by atoms with Crippen molar-refractivity contribution in [1.82, 2.24) is 24.2 Å². The van der Waals surface area contributed by atoms with Gasteiger partial charge in [0.15, 0.2) is 16.7 Å². The van der Waals surface area contributed by atoms with Crippen LogP contribution in [0.2, 0.25) is 0 Å². The first-order valence-corrected chi connectivity index (χ1v) is 7.04. The number of anilines is 1. The highest BCUT2D eigenvalue weighted by molar-refractivity contribution is 7.89. The minimum Gasteiger partial charge on any atom is -0.381 e. The summed E-state index contributed by atoms with van der Waals surface area (Å²) in [6.07, 6.45) is 2.69. The summed E-state index contributed by atoms with van der Waals surface area (Å²) in [4.78, 5) is 7.72. The molecule has 0 atom stereocenters. The van der Waals surface area contributed by atoms with E-state index in [4.69, 9.17) is 5.73 Å². The monoisotopic (exact) mass is 294 g/mol. The van der Waals surface area contributed by atoms with Crippen LogP contribution < -0.4 is 10.5 Å². The maximum atomic E-state index is 12.3. The van der Waals surface area contributed by atoms with Crippen LogP contribution in [0.1, 0.15) is 5.82 Å². The lowest BCUT2D eigenvalue weighted by atomic mass is 10.5. The predicted molar refractivity (Wildman–Crippen MR) is 67.9 cm³/mol. The van der Waals surface area contributed by atoms with Crippen molar-refractivity contribution in [2.24, 2.45) is 0 Å². The lowest BCUT2D eigenvalue weighted by Gasteiger charge is -2.05. The average Bonchev–Trinajstić information content (AvgIpc) is 3.02. The summed E-state index contributed by atoms with van der Waals surface area (Å²) in [7, 11) is -3.85. The molecule has 20 heavy (non-hydrogen) atoms. The standard InChI is InChI=1S/C10H10N6O3S/c11-9-10(16-4-2-1-3-8(16)14-9)20(17,18)13-5-7-12-6-19-15-7/h1-4,6,13H,5,11H2. The summed E-state index contributed by atoms with van der Waals surface area (Å²) in [6.45, 7) is -0.0989. The third-order valence-corrected chi connectivity index (χ3v) is 4.03. The van der Waals surface area contributed by atoms with Crippen LogP contribution in [0.25, 0.3) is 5.65 Å². The Morgan fingerprint density at radius 3 is 3.00 bits per heavy atom. The van der Waals surface area contributed by atoms with E-state index >= 15 is 0 Å².